The highest BCUT2D eigenvalue weighted by Crippen LogP contribution is 2.55. The summed E-state index contributed by atoms with van der Waals surface area (Å²) < 4.78 is 12.2. The van der Waals surface area contributed by atoms with Crippen molar-refractivity contribution in [2.45, 2.75) is 95.9 Å². The number of carbonyl (C=O) groups excluding carboxylic acids is 1. The van der Waals surface area contributed by atoms with E-state index in [0.717, 1.165) is 18.4 Å². The molecule has 160 valence electrons. The molecule has 0 radical (unpaired) electrons. The Morgan fingerprint density at radius 1 is 1.29 bits per heavy atom. The molecule has 2 aliphatic heterocycles. The topological polar surface area (TPSA) is 96.2 Å². The smallest absolute Gasteiger partial charge is 0.303 e. The molecule has 28 heavy (non-hydrogen) atoms. The molecule has 0 unspecified atom stereocenters. The Labute approximate surface area is 167 Å². The first-order valence-corrected chi connectivity index (χ1v) is 10.5. The lowest BCUT2D eigenvalue weighted by Gasteiger charge is -2.46. The lowest BCUT2D eigenvalue weighted by Crippen LogP contribution is -2.57. The van der Waals surface area contributed by atoms with Gasteiger partial charge in [-0.05, 0) is 51.4 Å². The van der Waals surface area contributed by atoms with Crippen molar-refractivity contribution in [1.29, 1.82) is 0 Å². The zero-order valence-electron chi connectivity index (χ0n) is 17.7. The van der Waals surface area contributed by atoms with Crippen LogP contribution in [0.5, 0.6) is 0 Å². The number of ether oxygens (including phenoxy) is 2. The second-order valence-electron chi connectivity index (χ2n) is 9.86. The van der Waals surface area contributed by atoms with Gasteiger partial charge in [0.25, 0.3) is 0 Å². The minimum Gasteiger partial charge on any atom is -0.457 e. The predicted molar refractivity (Wildman–Crippen MR) is 104 cm³/mol. The summed E-state index contributed by atoms with van der Waals surface area (Å²) >= 11 is 0. The fourth-order valence-electron chi connectivity index (χ4n) is 5.88. The summed E-state index contributed by atoms with van der Waals surface area (Å²) in [6.45, 7) is 13.3. The number of hydrogen-bond acceptors (Lipinski definition) is 6. The van der Waals surface area contributed by atoms with Crippen LogP contribution in [0.1, 0.15) is 60.3 Å². The van der Waals surface area contributed by atoms with E-state index in [-0.39, 0.29) is 18.3 Å². The van der Waals surface area contributed by atoms with Gasteiger partial charge in [-0.2, -0.15) is 0 Å². The lowest BCUT2D eigenvalue weighted by atomic mass is 9.60. The van der Waals surface area contributed by atoms with Crippen LogP contribution in [0.3, 0.4) is 0 Å². The molecule has 0 aromatic carbocycles. The average Bonchev–Trinajstić information content (AvgIpc) is 3.00. The van der Waals surface area contributed by atoms with Gasteiger partial charge in [0.2, 0.25) is 0 Å². The van der Waals surface area contributed by atoms with E-state index in [1.54, 1.807) is 0 Å². The van der Waals surface area contributed by atoms with Gasteiger partial charge in [-0.15, -0.1) is 0 Å². The van der Waals surface area contributed by atoms with Crippen molar-refractivity contribution in [2.24, 2.45) is 23.7 Å². The molecule has 0 aromatic rings. The number of aliphatic hydroxyl groups excluding tert-OH is 2. The van der Waals surface area contributed by atoms with E-state index < -0.39 is 41.6 Å². The quantitative estimate of drug-likeness (QED) is 0.489. The molecule has 2 saturated heterocycles. The molecule has 9 atom stereocenters. The van der Waals surface area contributed by atoms with E-state index in [0.29, 0.717) is 18.3 Å². The maximum absolute atomic E-state index is 11.9. The van der Waals surface area contributed by atoms with Crippen LogP contribution in [0.15, 0.2) is 12.2 Å². The third kappa shape index (κ3) is 3.42. The molecular formula is C22H36O6. The van der Waals surface area contributed by atoms with Gasteiger partial charge in [0.1, 0.15) is 23.4 Å². The molecule has 3 fully saturated rings. The molecule has 2 bridgehead atoms. The van der Waals surface area contributed by atoms with E-state index in [2.05, 4.69) is 20.4 Å². The van der Waals surface area contributed by atoms with Crippen LogP contribution >= 0.6 is 0 Å². The Morgan fingerprint density at radius 2 is 1.93 bits per heavy atom. The Morgan fingerprint density at radius 3 is 2.50 bits per heavy atom. The number of hydrogen-bond donors (Lipinski definition) is 3. The van der Waals surface area contributed by atoms with Gasteiger partial charge in [-0.3, -0.25) is 4.79 Å². The maximum atomic E-state index is 11.9. The summed E-state index contributed by atoms with van der Waals surface area (Å²) in [7, 11) is 0. The Hall–Kier alpha value is -0.950. The molecule has 0 aromatic heterocycles. The number of rotatable bonds is 2. The molecule has 3 aliphatic rings. The Balaban J connectivity index is 2.13. The number of aliphatic hydroxyl groups is 3. The fraction of sp³-hybridized carbons (Fsp3) is 0.864. The van der Waals surface area contributed by atoms with Crippen molar-refractivity contribution in [3.05, 3.63) is 12.2 Å². The maximum Gasteiger partial charge on any atom is 0.303 e. The molecule has 0 amide bonds. The first-order chi connectivity index (χ1) is 12.9. The highest BCUT2D eigenvalue weighted by Gasteiger charge is 2.62. The third-order valence-electron chi connectivity index (χ3n) is 7.52. The second-order valence-corrected chi connectivity index (χ2v) is 9.86. The second kappa shape index (κ2) is 7.38. The fourth-order valence-corrected chi connectivity index (χ4v) is 5.88. The van der Waals surface area contributed by atoms with Crippen LogP contribution < -0.4 is 0 Å². The number of carbonyl (C=O) groups is 1. The number of fused-ring (bicyclic) bond motifs is 5. The van der Waals surface area contributed by atoms with Gasteiger partial charge >= 0.3 is 5.97 Å². The highest BCUT2D eigenvalue weighted by atomic mass is 16.6. The van der Waals surface area contributed by atoms with Crippen LogP contribution in [0.4, 0.5) is 0 Å². The van der Waals surface area contributed by atoms with Crippen molar-refractivity contribution in [3.8, 4) is 0 Å². The van der Waals surface area contributed by atoms with E-state index in [1.807, 2.05) is 6.92 Å². The molecule has 6 nitrogen and oxygen atoms in total. The SMILES string of the molecule is C=C1CC[C@H](C(C)C)[C@@H]2[C@H]1[C@H]1O[C@@H]2[C@](C)(OC(C)=O)CC[C@H](O)[C@@](C)(O)[C@@H]1O. The van der Waals surface area contributed by atoms with E-state index in [4.69, 9.17) is 9.47 Å². The highest BCUT2D eigenvalue weighted by molar-refractivity contribution is 5.66. The summed E-state index contributed by atoms with van der Waals surface area (Å²) in [5, 5.41) is 32.6. The molecule has 3 rings (SSSR count). The molecule has 1 saturated carbocycles. The first kappa shape index (κ1) is 21.8. The van der Waals surface area contributed by atoms with Gasteiger partial charge in [-0.25, -0.2) is 0 Å². The molecule has 3 N–H and O–H groups in total. The van der Waals surface area contributed by atoms with Crippen LogP contribution in [0.2, 0.25) is 0 Å². The van der Waals surface area contributed by atoms with Crippen molar-refractivity contribution in [3.63, 3.8) is 0 Å². The van der Waals surface area contributed by atoms with Gasteiger partial charge in [-0.1, -0.05) is 26.0 Å². The summed E-state index contributed by atoms with van der Waals surface area (Å²) in [4.78, 5) is 11.9. The van der Waals surface area contributed by atoms with E-state index in [1.165, 1.54) is 13.8 Å². The zero-order valence-corrected chi connectivity index (χ0v) is 17.7. The van der Waals surface area contributed by atoms with Gasteiger partial charge in [0, 0.05) is 18.8 Å². The molecule has 0 spiro atoms. The predicted octanol–water partition coefficient (Wildman–Crippen LogP) is 2.20. The van der Waals surface area contributed by atoms with E-state index in [9.17, 15) is 20.1 Å². The minimum atomic E-state index is -1.73. The molecule has 6 heteroatoms. The molecule has 2 heterocycles. The molecule has 1 aliphatic carbocycles. The monoisotopic (exact) mass is 396 g/mol. The summed E-state index contributed by atoms with van der Waals surface area (Å²) in [5.41, 5.74) is -1.67. The first-order valence-electron chi connectivity index (χ1n) is 10.5. The molecular weight excluding hydrogens is 360 g/mol. The summed E-state index contributed by atoms with van der Waals surface area (Å²) in [6.07, 6.45) is -1.17. The van der Waals surface area contributed by atoms with E-state index >= 15 is 0 Å². The minimum absolute atomic E-state index is 0.0382. The van der Waals surface area contributed by atoms with Crippen LogP contribution in [-0.2, 0) is 14.3 Å². The zero-order chi connectivity index (χ0) is 21.0. The summed E-state index contributed by atoms with van der Waals surface area (Å²) in [5.74, 6) is 0.229. The van der Waals surface area contributed by atoms with Gasteiger partial charge in [0.05, 0.1) is 12.2 Å². The van der Waals surface area contributed by atoms with Crippen LogP contribution in [0, 0.1) is 23.7 Å². The van der Waals surface area contributed by atoms with Crippen molar-refractivity contribution in [2.75, 3.05) is 0 Å². The lowest BCUT2D eigenvalue weighted by molar-refractivity contribution is -0.189. The Bertz CT molecular complexity index is 629. The van der Waals surface area contributed by atoms with Crippen molar-refractivity contribution < 1.29 is 29.6 Å². The van der Waals surface area contributed by atoms with Crippen molar-refractivity contribution in [1.82, 2.24) is 0 Å². The van der Waals surface area contributed by atoms with Gasteiger partial charge < -0.3 is 24.8 Å². The largest absolute Gasteiger partial charge is 0.457 e. The van der Waals surface area contributed by atoms with Crippen LogP contribution in [0.25, 0.3) is 0 Å². The van der Waals surface area contributed by atoms with Crippen LogP contribution in [-0.4, -0.2) is 56.9 Å². The average molecular weight is 397 g/mol. The third-order valence-corrected chi connectivity index (χ3v) is 7.52. The summed E-state index contributed by atoms with van der Waals surface area (Å²) in [6, 6.07) is 0. The van der Waals surface area contributed by atoms with Gasteiger partial charge in [0.15, 0.2) is 0 Å². The van der Waals surface area contributed by atoms with Crippen molar-refractivity contribution >= 4 is 5.97 Å². The normalized spacial score (nSPS) is 49.2. The Kier molecular flexibility index (Phi) is 5.74. The number of esters is 1. The standard InChI is InChI=1S/C22H36O6/c1-11(2)14-8-7-12(3)16-17(14)20-21(5,28-13(4)23)10-9-15(24)22(6,26)19(25)18(16)27-20/h11,14-20,24-26H,3,7-10H2,1-2,4-6H3/t14-,15+,16+,17-,18-,19-,20+,21-,22-/m1/s1.